The normalized spacial score (nSPS) is 17.7. The summed E-state index contributed by atoms with van der Waals surface area (Å²) in [6.45, 7) is 7.70. The molecule has 1 amide bonds. The number of hydrogen-bond acceptors (Lipinski definition) is 3. The molecule has 0 spiro atoms. The Morgan fingerprint density at radius 2 is 2.10 bits per heavy atom. The molecule has 1 aliphatic rings. The number of carbonyl (C=O) groups is 1. The minimum absolute atomic E-state index is 0.0767. The molecular weight excluding hydrogens is 262 g/mol. The molecule has 21 heavy (non-hydrogen) atoms. The van der Waals surface area contributed by atoms with E-state index in [1.165, 1.54) is 11.1 Å². The van der Waals surface area contributed by atoms with Crippen molar-refractivity contribution in [3.63, 3.8) is 0 Å². The van der Waals surface area contributed by atoms with Gasteiger partial charge in [0.2, 0.25) is 5.91 Å². The predicted molar refractivity (Wildman–Crippen MR) is 82.4 cm³/mol. The number of benzene rings is 1. The summed E-state index contributed by atoms with van der Waals surface area (Å²) in [5, 5.41) is 12.1. The quantitative estimate of drug-likeness (QED) is 0.921. The number of carbonyl (C=O) groups excluding carboxylic acids is 1. The summed E-state index contributed by atoms with van der Waals surface area (Å²) < 4.78 is 0. The van der Waals surface area contributed by atoms with Crippen molar-refractivity contribution in [3.8, 4) is 6.07 Å². The van der Waals surface area contributed by atoms with Gasteiger partial charge >= 0.3 is 0 Å². The van der Waals surface area contributed by atoms with E-state index in [4.69, 9.17) is 0 Å². The molecule has 1 heterocycles. The summed E-state index contributed by atoms with van der Waals surface area (Å²) in [7, 11) is 0. The molecule has 4 nitrogen and oxygen atoms in total. The molecule has 1 aromatic rings. The van der Waals surface area contributed by atoms with E-state index in [1.807, 2.05) is 19.9 Å². The Bertz CT molecular complexity index is 561. The molecule has 0 saturated heterocycles. The fourth-order valence-corrected chi connectivity index (χ4v) is 2.52. The number of fused-ring (bicyclic) bond motifs is 1. The highest BCUT2D eigenvalue weighted by Crippen LogP contribution is 2.19. The Hall–Kier alpha value is -1.86. The molecule has 4 heteroatoms. The Kier molecular flexibility index (Phi) is 4.64. The molecular formula is C17H23N3O. The Labute approximate surface area is 126 Å². The lowest BCUT2D eigenvalue weighted by Crippen LogP contribution is -2.52. The minimum atomic E-state index is -0.801. The van der Waals surface area contributed by atoms with Gasteiger partial charge in [-0.3, -0.25) is 9.69 Å². The van der Waals surface area contributed by atoms with Crippen molar-refractivity contribution in [1.82, 2.24) is 10.2 Å². The molecule has 2 rings (SSSR count). The maximum atomic E-state index is 12.2. The highest BCUT2D eigenvalue weighted by molar-refractivity contribution is 5.79. The van der Waals surface area contributed by atoms with E-state index in [0.717, 1.165) is 19.5 Å². The fourth-order valence-electron chi connectivity index (χ4n) is 2.52. The van der Waals surface area contributed by atoms with Gasteiger partial charge in [-0.2, -0.15) is 5.26 Å². The fraction of sp³-hybridized carbons (Fsp3) is 0.529. The Morgan fingerprint density at radius 3 is 2.71 bits per heavy atom. The van der Waals surface area contributed by atoms with Crippen molar-refractivity contribution in [3.05, 3.63) is 35.4 Å². The lowest BCUT2D eigenvalue weighted by Gasteiger charge is -2.31. The summed E-state index contributed by atoms with van der Waals surface area (Å²) in [6.07, 6.45) is 0.975. The first kappa shape index (κ1) is 15.5. The molecule has 0 aliphatic carbocycles. The van der Waals surface area contributed by atoms with Crippen LogP contribution in [0.3, 0.4) is 0 Å². The van der Waals surface area contributed by atoms with Gasteiger partial charge in [-0.15, -0.1) is 0 Å². The van der Waals surface area contributed by atoms with E-state index in [9.17, 15) is 10.1 Å². The van der Waals surface area contributed by atoms with E-state index < -0.39 is 5.54 Å². The Morgan fingerprint density at radius 1 is 1.43 bits per heavy atom. The molecule has 0 aromatic heterocycles. The number of nitrogens with zero attached hydrogens (tertiary/aromatic N) is 2. The number of rotatable bonds is 4. The van der Waals surface area contributed by atoms with Crippen LogP contribution in [0.4, 0.5) is 0 Å². The first-order valence-electron chi connectivity index (χ1n) is 7.46. The molecule has 1 aliphatic heterocycles. The van der Waals surface area contributed by atoms with E-state index in [1.54, 1.807) is 6.92 Å². The van der Waals surface area contributed by atoms with Crippen LogP contribution in [0, 0.1) is 17.2 Å². The molecule has 0 saturated carbocycles. The van der Waals surface area contributed by atoms with Gasteiger partial charge < -0.3 is 5.32 Å². The molecule has 1 atom stereocenters. The van der Waals surface area contributed by atoms with E-state index in [-0.39, 0.29) is 11.8 Å². The van der Waals surface area contributed by atoms with Crippen LogP contribution in [0.25, 0.3) is 0 Å². The van der Waals surface area contributed by atoms with Gasteiger partial charge in [-0.25, -0.2) is 0 Å². The summed E-state index contributed by atoms with van der Waals surface area (Å²) in [5.74, 6) is 0.000614. The predicted octanol–water partition coefficient (Wildman–Crippen LogP) is 2.10. The monoisotopic (exact) mass is 285 g/mol. The minimum Gasteiger partial charge on any atom is -0.337 e. The summed E-state index contributed by atoms with van der Waals surface area (Å²) >= 11 is 0. The largest absolute Gasteiger partial charge is 0.337 e. The third-order valence-electron chi connectivity index (χ3n) is 4.36. The number of amides is 1. The highest BCUT2D eigenvalue weighted by Gasteiger charge is 2.30. The zero-order chi connectivity index (χ0) is 15.5. The summed E-state index contributed by atoms with van der Waals surface area (Å²) in [5.41, 5.74) is 1.87. The van der Waals surface area contributed by atoms with Gasteiger partial charge in [0.25, 0.3) is 0 Å². The topological polar surface area (TPSA) is 56.1 Å². The van der Waals surface area contributed by atoms with Crippen molar-refractivity contribution >= 4 is 5.91 Å². The second-order valence-corrected chi connectivity index (χ2v) is 6.25. The van der Waals surface area contributed by atoms with Crippen LogP contribution >= 0.6 is 0 Å². The van der Waals surface area contributed by atoms with E-state index in [0.29, 0.717) is 6.54 Å². The van der Waals surface area contributed by atoms with Crippen LogP contribution < -0.4 is 5.32 Å². The smallest absolute Gasteiger partial charge is 0.235 e. The van der Waals surface area contributed by atoms with Gasteiger partial charge in [-0.1, -0.05) is 38.1 Å². The molecule has 0 unspecified atom stereocenters. The van der Waals surface area contributed by atoms with Crippen molar-refractivity contribution in [2.45, 2.75) is 39.3 Å². The average molecular weight is 285 g/mol. The maximum Gasteiger partial charge on any atom is 0.235 e. The molecule has 112 valence electrons. The lowest BCUT2D eigenvalue weighted by atomic mass is 9.90. The zero-order valence-corrected chi connectivity index (χ0v) is 13.0. The molecule has 0 bridgehead atoms. The first-order chi connectivity index (χ1) is 9.94. The molecule has 0 fully saturated rings. The van der Waals surface area contributed by atoms with Crippen LogP contribution in [-0.2, 0) is 17.8 Å². The van der Waals surface area contributed by atoms with Crippen molar-refractivity contribution in [2.75, 3.05) is 13.1 Å². The van der Waals surface area contributed by atoms with Crippen molar-refractivity contribution in [2.24, 2.45) is 5.92 Å². The van der Waals surface area contributed by atoms with Gasteiger partial charge in [0.15, 0.2) is 0 Å². The van der Waals surface area contributed by atoms with Crippen molar-refractivity contribution in [1.29, 1.82) is 5.26 Å². The van der Waals surface area contributed by atoms with E-state index in [2.05, 4.69) is 34.5 Å². The third-order valence-corrected chi connectivity index (χ3v) is 4.36. The molecule has 0 radical (unpaired) electrons. The standard InChI is InChI=1S/C17H23N3O/c1-13(2)17(3,12-18)19-16(21)11-20-9-8-14-6-4-5-7-15(14)10-20/h4-7,13H,8-11H2,1-3H3,(H,19,21)/t17-/m0/s1. The SMILES string of the molecule is CC(C)[C@](C)(C#N)NC(=O)CN1CCc2ccccc2C1. The van der Waals surface area contributed by atoms with Gasteiger partial charge in [-0.05, 0) is 30.4 Å². The highest BCUT2D eigenvalue weighted by atomic mass is 16.2. The summed E-state index contributed by atoms with van der Waals surface area (Å²) in [6, 6.07) is 10.6. The van der Waals surface area contributed by atoms with Crippen molar-refractivity contribution < 1.29 is 4.79 Å². The van der Waals surface area contributed by atoms with Crippen LogP contribution in [-0.4, -0.2) is 29.4 Å². The molecule has 1 N–H and O–H groups in total. The van der Waals surface area contributed by atoms with Crippen LogP contribution in [0.15, 0.2) is 24.3 Å². The Balaban J connectivity index is 1.95. The number of nitrogens with one attached hydrogen (secondary N) is 1. The third kappa shape index (κ3) is 3.62. The second-order valence-electron chi connectivity index (χ2n) is 6.25. The second kappa shape index (κ2) is 6.28. The van der Waals surface area contributed by atoms with Gasteiger partial charge in [0.1, 0.15) is 5.54 Å². The van der Waals surface area contributed by atoms with Gasteiger partial charge in [0.05, 0.1) is 12.6 Å². The van der Waals surface area contributed by atoms with Gasteiger partial charge in [0, 0.05) is 13.1 Å². The maximum absolute atomic E-state index is 12.2. The van der Waals surface area contributed by atoms with Crippen LogP contribution in [0.2, 0.25) is 0 Å². The summed E-state index contributed by atoms with van der Waals surface area (Å²) in [4.78, 5) is 14.3. The van der Waals surface area contributed by atoms with Crippen LogP contribution in [0.1, 0.15) is 31.9 Å². The van der Waals surface area contributed by atoms with Crippen LogP contribution in [0.5, 0.6) is 0 Å². The zero-order valence-electron chi connectivity index (χ0n) is 13.0. The lowest BCUT2D eigenvalue weighted by molar-refractivity contribution is -0.124. The molecule has 1 aromatic carbocycles. The number of hydrogen-bond donors (Lipinski definition) is 1. The average Bonchev–Trinajstić information content (AvgIpc) is 2.46. The first-order valence-corrected chi connectivity index (χ1v) is 7.46. The van der Waals surface area contributed by atoms with E-state index >= 15 is 0 Å². The number of nitriles is 1.